The highest BCUT2D eigenvalue weighted by Gasteiger charge is 2.46. The van der Waals surface area contributed by atoms with E-state index in [-0.39, 0.29) is 17.6 Å². The molecule has 2 unspecified atom stereocenters. The number of rotatable bonds is 9. The van der Waals surface area contributed by atoms with Crippen molar-refractivity contribution in [3.05, 3.63) is 118 Å². The Bertz CT molecular complexity index is 1540. The molecule has 4 aromatic carbocycles. The molecule has 3 aliphatic rings. The van der Waals surface area contributed by atoms with Crippen molar-refractivity contribution >= 4 is 0 Å². The molecule has 7 rings (SSSR count). The predicted octanol–water partition coefficient (Wildman–Crippen LogP) is 7.46. The van der Waals surface area contributed by atoms with Gasteiger partial charge >= 0.3 is 0 Å². The zero-order chi connectivity index (χ0) is 28.2. The molecule has 0 bridgehead atoms. The molecule has 2 heterocycles. The van der Waals surface area contributed by atoms with Crippen LogP contribution in [0, 0.1) is 0 Å². The summed E-state index contributed by atoms with van der Waals surface area (Å²) >= 11 is 0. The lowest BCUT2D eigenvalue weighted by Gasteiger charge is -2.36. The Hall–Kier alpha value is -3.60. The summed E-state index contributed by atoms with van der Waals surface area (Å²) in [7, 11) is 0. The highest BCUT2D eigenvalue weighted by atomic mass is 16.6. The minimum atomic E-state index is -0.479. The van der Waals surface area contributed by atoms with E-state index < -0.39 is 5.41 Å². The van der Waals surface area contributed by atoms with Gasteiger partial charge in [0.25, 0.3) is 0 Å². The molecule has 0 saturated carbocycles. The van der Waals surface area contributed by atoms with E-state index in [1.807, 2.05) is 0 Å². The molecule has 2 saturated heterocycles. The molecule has 2 aliphatic heterocycles. The van der Waals surface area contributed by atoms with Crippen molar-refractivity contribution in [2.24, 2.45) is 0 Å². The molecule has 0 radical (unpaired) electrons. The topological polar surface area (TPSA) is 43.5 Å². The summed E-state index contributed by atoms with van der Waals surface area (Å²) in [4.78, 5) is 0. The van der Waals surface area contributed by atoms with E-state index >= 15 is 0 Å². The number of epoxide rings is 2. The van der Waals surface area contributed by atoms with Gasteiger partial charge in [-0.2, -0.15) is 0 Å². The van der Waals surface area contributed by atoms with Gasteiger partial charge in [-0.25, -0.2) is 0 Å². The first-order valence-corrected chi connectivity index (χ1v) is 14.9. The van der Waals surface area contributed by atoms with Crippen LogP contribution in [0.3, 0.4) is 0 Å². The summed E-state index contributed by atoms with van der Waals surface area (Å²) in [5, 5.41) is 0. The van der Waals surface area contributed by atoms with Crippen molar-refractivity contribution in [2.45, 2.75) is 57.2 Å². The predicted molar refractivity (Wildman–Crippen MR) is 162 cm³/mol. The molecule has 1 aliphatic carbocycles. The maximum absolute atomic E-state index is 6.33. The van der Waals surface area contributed by atoms with Crippen LogP contribution < -0.4 is 9.47 Å². The van der Waals surface area contributed by atoms with Gasteiger partial charge in [-0.3, -0.25) is 0 Å². The molecule has 210 valence electrons. The number of hydrogen-bond donors (Lipinski definition) is 0. The van der Waals surface area contributed by atoms with E-state index in [1.165, 1.54) is 44.5 Å². The number of aryl methyl sites for hydroxylation is 1. The molecule has 0 amide bonds. The lowest BCUT2D eigenvalue weighted by atomic mass is 9.66. The number of fused-ring (bicyclic) bond motifs is 3. The molecule has 2 atom stereocenters. The van der Waals surface area contributed by atoms with Gasteiger partial charge in [0.15, 0.2) is 0 Å². The molecule has 41 heavy (non-hydrogen) atoms. The summed E-state index contributed by atoms with van der Waals surface area (Å²) in [5.74, 6) is 1.88. The number of ether oxygens (including phenoxy) is 4. The molecular formula is C37H38O4. The van der Waals surface area contributed by atoms with E-state index in [0.717, 1.165) is 31.1 Å². The van der Waals surface area contributed by atoms with Crippen molar-refractivity contribution < 1.29 is 18.9 Å². The third-order valence-electron chi connectivity index (χ3n) is 8.70. The average Bonchev–Trinajstić information content (AvgIpc) is 3.92. The summed E-state index contributed by atoms with van der Waals surface area (Å²) in [6.45, 7) is 11.8. The Labute approximate surface area is 243 Å². The lowest BCUT2D eigenvalue weighted by Crippen LogP contribution is -2.29. The fourth-order valence-corrected chi connectivity index (χ4v) is 6.42. The highest BCUT2D eigenvalue weighted by Crippen LogP contribution is 2.57. The van der Waals surface area contributed by atoms with E-state index in [2.05, 4.69) is 113 Å². The number of benzene rings is 4. The third-order valence-corrected chi connectivity index (χ3v) is 8.70. The van der Waals surface area contributed by atoms with Crippen molar-refractivity contribution in [2.75, 3.05) is 26.4 Å². The van der Waals surface area contributed by atoms with E-state index in [9.17, 15) is 0 Å². The van der Waals surface area contributed by atoms with Crippen LogP contribution in [-0.2, 0) is 26.7 Å². The second-order valence-corrected chi connectivity index (χ2v) is 12.5. The highest BCUT2D eigenvalue weighted by molar-refractivity contribution is 5.86. The summed E-state index contributed by atoms with van der Waals surface area (Å²) in [6.07, 6.45) is 1.32. The second kappa shape index (κ2) is 10.0. The summed E-state index contributed by atoms with van der Waals surface area (Å²) < 4.78 is 23.4. The first kappa shape index (κ1) is 26.3. The second-order valence-electron chi connectivity index (χ2n) is 12.5. The minimum absolute atomic E-state index is 0.105. The van der Waals surface area contributed by atoms with Crippen molar-refractivity contribution in [3.63, 3.8) is 0 Å². The van der Waals surface area contributed by atoms with Gasteiger partial charge in [-0.1, -0.05) is 94.4 Å². The van der Waals surface area contributed by atoms with Crippen LogP contribution in [0.4, 0.5) is 0 Å². The molecule has 4 nitrogen and oxygen atoms in total. The Balaban J connectivity index is 1.45. The fourth-order valence-electron chi connectivity index (χ4n) is 6.42. The summed E-state index contributed by atoms with van der Waals surface area (Å²) in [5.41, 5.74) is 9.53. The molecule has 0 spiro atoms. The van der Waals surface area contributed by atoms with Gasteiger partial charge in [0, 0.05) is 0 Å². The molecule has 0 N–H and O–H groups in total. The first-order chi connectivity index (χ1) is 19.9. The SMILES string of the molecule is CCc1cc(C2(c3ccc(OCC4CO4)c(C(C)(C)C)c3)c3ccccc3-c3ccccc32)ccc1OCC1CO1. The monoisotopic (exact) mass is 546 g/mol. The molecule has 4 aromatic rings. The van der Waals surface area contributed by atoms with Gasteiger partial charge in [0.05, 0.1) is 18.6 Å². The smallest absolute Gasteiger partial charge is 0.123 e. The Kier molecular flexibility index (Phi) is 6.44. The normalized spacial score (nSPS) is 19.8. The van der Waals surface area contributed by atoms with Crippen LogP contribution in [0.25, 0.3) is 11.1 Å². The summed E-state index contributed by atoms with van der Waals surface area (Å²) in [6, 6.07) is 31.4. The minimum Gasteiger partial charge on any atom is -0.491 e. The van der Waals surface area contributed by atoms with Crippen LogP contribution >= 0.6 is 0 Å². The van der Waals surface area contributed by atoms with Crippen LogP contribution in [0.1, 0.15) is 61.1 Å². The van der Waals surface area contributed by atoms with E-state index in [1.54, 1.807) is 0 Å². The van der Waals surface area contributed by atoms with E-state index in [4.69, 9.17) is 18.9 Å². The Morgan fingerprint density at radius 1 is 0.707 bits per heavy atom. The molecule has 2 fully saturated rings. The van der Waals surface area contributed by atoms with Crippen LogP contribution in [0.15, 0.2) is 84.9 Å². The first-order valence-electron chi connectivity index (χ1n) is 14.9. The van der Waals surface area contributed by atoms with Gasteiger partial charge < -0.3 is 18.9 Å². The zero-order valence-electron chi connectivity index (χ0n) is 24.4. The molecular weight excluding hydrogens is 508 g/mol. The van der Waals surface area contributed by atoms with Gasteiger partial charge in [-0.05, 0) is 74.5 Å². The van der Waals surface area contributed by atoms with E-state index in [0.29, 0.717) is 13.2 Å². The van der Waals surface area contributed by atoms with Crippen molar-refractivity contribution in [1.29, 1.82) is 0 Å². The quantitative estimate of drug-likeness (QED) is 0.180. The van der Waals surface area contributed by atoms with Gasteiger partial charge in [-0.15, -0.1) is 0 Å². The maximum Gasteiger partial charge on any atom is 0.123 e. The zero-order valence-corrected chi connectivity index (χ0v) is 24.4. The Morgan fingerprint density at radius 3 is 1.76 bits per heavy atom. The van der Waals surface area contributed by atoms with Crippen LogP contribution in [-0.4, -0.2) is 38.6 Å². The largest absolute Gasteiger partial charge is 0.491 e. The van der Waals surface area contributed by atoms with Crippen LogP contribution in [0.2, 0.25) is 0 Å². The average molecular weight is 547 g/mol. The fraction of sp³-hybridized carbons (Fsp3) is 0.351. The third kappa shape index (κ3) is 4.64. The van der Waals surface area contributed by atoms with Gasteiger partial charge in [0.2, 0.25) is 0 Å². The Morgan fingerprint density at radius 2 is 1.22 bits per heavy atom. The van der Waals surface area contributed by atoms with Crippen LogP contribution in [0.5, 0.6) is 11.5 Å². The molecule has 4 heteroatoms. The van der Waals surface area contributed by atoms with Crippen molar-refractivity contribution in [1.82, 2.24) is 0 Å². The maximum atomic E-state index is 6.33. The lowest BCUT2D eigenvalue weighted by molar-refractivity contribution is 0.258. The van der Waals surface area contributed by atoms with Crippen molar-refractivity contribution in [3.8, 4) is 22.6 Å². The molecule has 0 aromatic heterocycles. The standard InChI is InChI=1S/C37H38O4/c1-5-24-18-25(14-16-34(24)40-22-27-20-38-27)37(31-12-8-6-10-29(31)30-11-7-9-13-32(30)37)26-15-17-35(41-23-28-21-39-28)33(19-26)36(2,3)4/h6-19,27-28H,5,20-23H2,1-4H3. The van der Waals surface area contributed by atoms with Gasteiger partial charge in [0.1, 0.15) is 36.9 Å². The number of hydrogen-bond acceptors (Lipinski definition) is 4.